The van der Waals surface area contributed by atoms with E-state index in [0.717, 1.165) is 16.7 Å². The van der Waals surface area contributed by atoms with Gasteiger partial charge in [0.1, 0.15) is 11.3 Å². The summed E-state index contributed by atoms with van der Waals surface area (Å²) in [6.07, 6.45) is 0.607. The van der Waals surface area contributed by atoms with E-state index in [0.29, 0.717) is 24.3 Å². The van der Waals surface area contributed by atoms with Gasteiger partial charge in [-0.25, -0.2) is 13.2 Å². The summed E-state index contributed by atoms with van der Waals surface area (Å²) in [5, 5.41) is 2.69. The first-order chi connectivity index (χ1) is 16.7. The first-order valence-electron chi connectivity index (χ1n) is 11.0. The number of benzene rings is 3. The molecule has 9 heteroatoms. The predicted octanol–water partition coefficient (Wildman–Crippen LogP) is 3.86. The van der Waals surface area contributed by atoms with Crippen molar-refractivity contribution < 1.29 is 27.5 Å². The lowest BCUT2D eigenvalue weighted by atomic mass is 10.1. The summed E-state index contributed by atoms with van der Waals surface area (Å²) in [6, 6.07) is 16.9. The fourth-order valence-corrected chi connectivity index (χ4v) is 5.67. The molecule has 0 atom stereocenters. The number of methoxy groups -OCH3 is 1. The number of hydrogen-bond acceptors (Lipinski definition) is 6. The number of carbonyl (C=O) groups is 2. The molecule has 0 aliphatic carbocycles. The molecule has 8 nitrogen and oxygen atoms in total. The maximum absolute atomic E-state index is 13.4. The number of fused-ring (bicyclic) bond motifs is 1. The molecule has 0 saturated carbocycles. The number of nitrogens with one attached hydrogen (secondary N) is 1. The van der Waals surface area contributed by atoms with Crippen molar-refractivity contribution in [2.75, 3.05) is 29.9 Å². The second-order valence-electron chi connectivity index (χ2n) is 8.32. The van der Waals surface area contributed by atoms with Crippen molar-refractivity contribution in [1.82, 2.24) is 0 Å². The SMILES string of the molecule is COc1ccc(S(=O)(=O)N2CCc3ccccc32)cc1C(=O)OCC(=O)Nc1cc(C)cc(C)c1. The molecular formula is C26H26N2O6S. The van der Waals surface area contributed by atoms with Gasteiger partial charge >= 0.3 is 5.97 Å². The molecule has 0 spiro atoms. The molecule has 35 heavy (non-hydrogen) atoms. The van der Waals surface area contributed by atoms with Crippen molar-refractivity contribution in [2.24, 2.45) is 0 Å². The molecule has 0 aromatic heterocycles. The molecule has 0 saturated heterocycles. The van der Waals surface area contributed by atoms with Crippen molar-refractivity contribution in [1.29, 1.82) is 0 Å². The van der Waals surface area contributed by atoms with E-state index in [1.807, 2.05) is 32.0 Å². The second-order valence-corrected chi connectivity index (χ2v) is 10.2. The maximum atomic E-state index is 13.4. The fraction of sp³-hybridized carbons (Fsp3) is 0.231. The molecule has 182 valence electrons. The standard InChI is InChI=1S/C26H26N2O6S/c1-17-12-18(2)14-20(13-17)27-25(29)16-34-26(30)22-15-21(8-9-24(22)33-3)35(31,32)28-11-10-19-6-4-5-7-23(19)28/h4-9,12-15H,10-11,16H2,1-3H3,(H,27,29). The third-order valence-corrected chi connectivity index (χ3v) is 7.47. The average molecular weight is 495 g/mol. The average Bonchev–Trinajstić information content (AvgIpc) is 3.26. The Labute approximate surface area is 204 Å². The first kappa shape index (κ1) is 24.3. The molecule has 1 amide bonds. The Balaban J connectivity index is 1.51. The van der Waals surface area contributed by atoms with Gasteiger partial charge in [-0.15, -0.1) is 0 Å². The lowest BCUT2D eigenvalue weighted by Gasteiger charge is -2.20. The number of esters is 1. The Kier molecular flexibility index (Phi) is 6.79. The zero-order valence-corrected chi connectivity index (χ0v) is 20.5. The Bertz CT molecular complexity index is 1380. The summed E-state index contributed by atoms with van der Waals surface area (Å²) in [5.74, 6) is -1.23. The zero-order chi connectivity index (χ0) is 25.2. The van der Waals surface area contributed by atoms with Gasteiger partial charge in [0.05, 0.1) is 17.7 Å². The number of anilines is 2. The van der Waals surface area contributed by atoms with E-state index in [9.17, 15) is 18.0 Å². The van der Waals surface area contributed by atoms with Crippen LogP contribution in [-0.4, -0.2) is 40.6 Å². The van der Waals surface area contributed by atoms with Crippen LogP contribution in [0.15, 0.2) is 65.6 Å². The molecule has 4 rings (SSSR count). The smallest absolute Gasteiger partial charge is 0.342 e. The van der Waals surface area contributed by atoms with Crippen LogP contribution in [0.4, 0.5) is 11.4 Å². The largest absolute Gasteiger partial charge is 0.496 e. The van der Waals surface area contributed by atoms with Gasteiger partial charge in [0.25, 0.3) is 15.9 Å². The molecule has 1 aliphatic rings. The number of nitrogens with zero attached hydrogens (tertiary/aromatic N) is 1. The third-order valence-electron chi connectivity index (χ3n) is 5.66. The quantitative estimate of drug-likeness (QED) is 0.501. The molecule has 1 N–H and O–H groups in total. The van der Waals surface area contributed by atoms with Crippen LogP contribution in [-0.2, 0) is 26.0 Å². The summed E-state index contributed by atoms with van der Waals surface area (Å²) >= 11 is 0. The molecular weight excluding hydrogens is 468 g/mol. The minimum atomic E-state index is -3.92. The van der Waals surface area contributed by atoms with E-state index in [2.05, 4.69) is 5.32 Å². The minimum Gasteiger partial charge on any atom is -0.496 e. The molecule has 0 bridgehead atoms. The Morgan fingerprint density at radius 3 is 2.43 bits per heavy atom. The van der Waals surface area contributed by atoms with Crippen molar-refractivity contribution in [3.8, 4) is 5.75 Å². The lowest BCUT2D eigenvalue weighted by molar-refractivity contribution is -0.119. The molecule has 0 fully saturated rings. The van der Waals surface area contributed by atoms with Gasteiger partial charge in [-0.1, -0.05) is 24.3 Å². The van der Waals surface area contributed by atoms with E-state index in [1.165, 1.54) is 29.6 Å². The van der Waals surface area contributed by atoms with E-state index in [4.69, 9.17) is 9.47 Å². The zero-order valence-electron chi connectivity index (χ0n) is 19.7. The van der Waals surface area contributed by atoms with Crippen LogP contribution in [0.2, 0.25) is 0 Å². The summed E-state index contributed by atoms with van der Waals surface area (Å²) in [4.78, 5) is 25.0. The van der Waals surface area contributed by atoms with E-state index >= 15 is 0 Å². The van der Waals surface area contributed by atoms with E-state index in [-0.39, 0.29) is 16.2 Å². The highest BCUT2D eigenvalue weighted by Crippen LogP contribution is 2.34. The highest BCUT2D eigenvalue weighted by atomic mass is 32.2. The number of carbonyl (C=O) groups excluding carboxylic acids is 2. The number of ether oxygens (including phenoxy) is 2. The van der Waals surface area contributed by atoms with Crippen LogP contribution in [0.25, 0.3) is 0 Å². The van der Waals surface area contributed by atoms with Gasteiger partial charge < -0.3 is 14.8 Å². The summed E-state index contributed by atoms with van der Waals surface area (Å²) in [7, 11) is -2.56. The number of para-hydroxylation sites is 1. The lowest BCUT2D eigenvalue weighted by Crippen LogP contribution is -2.29. The van der Waals surface area contributed by atoms with Crippen molar-refractivity contribution in [3.05, 3.63) is 82.9 Å². The van der Waals surface area contributed by atoms with E-state index in [1.54, 1.807) is 24.3 Å². The van der Waals surface area contributed by atoms with Crippen LogP contribution in [0.3, 0.4) is 0 Å². The highest BCUT2D eigenvalue weighted by molar-refractivity contribution is 7.92. The number of aryl methyl sites for hydroxylation is 2. The predicted molar refractivity (Wildman–Crippen MR) is 132 cm³/mol. The number of hydrogen-bond donors (Lipinski definition) is 1. The normalized spacial score (nSPS) is 12.7. The second kappa shape index (κ2) is 9.79. The maximum Gasteiger partial charge on any atom is 0.342 e. The van der Waals surface area contributed by atoms with Gasteiger partial charge in [0.2, 0.25) is 0 Å². The van der Waals surface area contributed by atoms with Gasteiger partial charge in [-0.3, -0.25) is 9.10 Å². The summed E-state index contributed by atoms with van der Waals surface area (Å²) in [6.45, 7) is 3.60. The molecule has 1 heterocycles. The van der Waals surface area contributed by atoms with Gasteiger partial charge in [-0.05, 0) is 73.4 Å². The highest BCUT2D eigenvalue weighted by Gasteiger charge is 2.32. The molecule has 3 aromatic carbocycles. The van der Waals surface area contributed by atoms with Gasteiger partial charge in [0, 0.05) is 12.2 Å². The van der Waals surface area contributed by atoms with Crippen molar-refractivity contribution in [2.45, 2.75) is 25.2 Å². The Morgan fingerprint density at radius 2 is 1.71 bits per heavy atom. The van der Waals surface area contributed by atoms with Crippen LogP contribution in [0.1, 0.15) is 27.0 Å². The number of sulfonamides is 1. The Hall–Kier alpha value is -3.85. The van der Waals surface area contributed by atoms with Crippen LogP contribution >= 0.6 is 0 Å². The topological polar surface area (TPSA) is 102 Å². The molecule has 0 unspecified atom stereocenters. The van der Waals surface area contributed by atoms with Gasteiger partial charge in [0.15, 0.2) is 6.61 Å². The fourth-order valence-electron chi connectivity index (χ4n) is 4.14. The molecule has 0 radical (unpaired) electrons. The number of rotatable bonds is 7. The summed E-state index contributed by atoms with van der Waals surface area (Å²) in [5.41, 5.74) is 4.05. The van der Waals surface area contributed by atoms with E-state index < -0.39 is 28.5 Å². The van der Waals surface area contributed by atoms with Crippen LogP contribution in [0, 0.1) is 13.8 Å². The molecule has 3 aromatic rings. The third kappa shape index (κ3) is 5.14. The Morgan fingerprint density at radius 1 is 1.00 bits per heavy atom. The summed E-state index contributed by atoms with van der Waals surface area (Å²) < 4.78 is 38.5. The van der Waals surface area contributed by atoms with Crippen molar-refractivity contribution >= 4 is 33.3 Å². The van der Waals surface area contributed by atoms with Crippen molar-refractivity contribution in [3.63, 3.8) is 0 Å². The number of amides is 1. The molecule has 1 aliphatic heterocycles. The van der Waals surface area contributed by atoms with Crippen LogP contribution < -0.4 is 14.4 Å². The van der Waals surface area contributed by atoms with Crippen LogP contribution in [0.5, 0.6) is 5.75 Å². The monoisotopic (exact) mass is 494 g/mol. The van der Waals surface area contributed by atoms with Gasteiger partial charge in [-0.2, -0.15) is 0 Å². The first-order valence-corrected chi connectivity index (χ1v) is 12.5. The minimum absolute atomic E-state index is 0.0679.